The third-order valence-electron chi connectivity index (χ3n) is 3.29. The Balaban J connectivity index is 0. The van der Waals surface area contributed by atoms with Crippen LogP contribution >= 0.6 is 24.8 Å². The van der Waals surface area contributed by atoms with E-state index in [1.54, 1.807) is 0 Å². The van der Waals surface area contributed by atoms with E-state index in [1.165, 1.54) is 5.56 Å². The zero-order chi connectivity index (χ0) is 13.7. The number of carbonyl (C=O) groups excluding carboxylic acids is 1. The summed E-state index contributed by atoms with van der Waals surface area (Å²) < 4.78 is 1.87. The van der Waals surface area contributed by atoms with Gasteiger partial charge in [0.05, 0.1) is 5.69 Å². The molecule has 1 unspecified atom stereocenters. The van der Waals surface area contributed by atoms with Gasteiger partial charge in [0.25, 0.3) is 0 Å². The monoisotopic (exact) mass is 324 g/mol. The van der Waals surface area contributed by atoms with E-state index in [1.807, 2.05) is 39.5 Å². The Bertz CT molecular complexity index is 421. The van der Waals surface area contributed by atoms with Gasteiger partial charge in [0, 0.05) is 31.7 Å². The van der Waals surface area contributed by atoms with Crippen molar-refractivity contribution < 1.29 is 4.79 Å². The number of aryl methyl sites for hydroxylation is 2. The van der Waals surface area contributed by atoms with Crippen LogP contribution in [0.15, 0.2) is 0 Å². The van der Waals surface area contributed by atoms with Crippen LogP contribution < -0.4 is 10.6 Å². The number of carbonyl (C=O) groups is 1. The van der Waals surface area contributed by atoms with Crippen molar-refractivity contribution in [2.45, 2.75) is 27.2 Å². The van der Waals surface area contributed by atoms with Crippen molar-refractivity contribution >= 4 is 30.7 Å². The Morgan fingerprint density at radius 3 is 2.35 bits per heavy atom. The topological polar surface area (TPSA) is 58.9 Å². The van der Waals surface area contributed by atoms with E-state index in [-0.39, 0.29) is 36.6 Å². The summed E-state index contributed by atoms with van der Waals surface area (Å²) in [7, 11) is 3.81. The third-order valence-corrected chi connectivity index (χ3v) is 3.29. The quantitative estimate of drug-likeness (QED) is 0.777. The standard InChI is InChI=1S/C13H24N4O.2ClH/c1-9(13(18)15-7-6-14-4)8-12-10(2)16-17(5)11(12)3;;/h9,14H,6-8H2,1-5H3,(H,15,18);2*1H. The van der Waals surface area contributed by atoms with Gasteiger partial charge in [0.2, 0.25) is 5.91 Å². The van der Waals surface area contributed by atoms with Crippen molar-refractivity contribution in [3.8, 4) is 0 Å². The Kier molecular flexibility index (Phi) is 10.8. The number of rotatable bonds is 6. The summed E-state index contributed by atoms with van der Waals surface area (Å²) >= 11 is 0. The van der Waals surface area contributed by atoms with Crippen LogP contribution in [-0.4, -0.2) is 35.8 Å². The van der Waals surface area contributed by atoms with Crippen molar-refractivity contribution in [3.05, 3.63) is 17.0 Å². The van der Waals surface area contributed by atoms with Crippen molar-refractivity contribution in [1.29, 1.82) is 0 Å². The lowest BCUT2D eigenvalue weighted by Gasteiger charge is -2.12. The molecule has 2 N–H and O–H groups in total. The second-order valence-electron chi connectivity index (χ2n) is 4.77. The van der Waals surface area contributed by atoms with Crippen molar-refractivity contribution in [2.75, 3.05) is 20.1 Å². The number of amides is 1. The van der Waals surface area contributed by atoms with Crippen LogP contribution in [-0.2, 0) is 18.3 Å². The maximum absolute atomic E-state index is 11.9. The zero-order valence-corrected chi connectivity index (χ0v) is 14.5. The Labute approximate surface area is 133 Å². The summed E-state index contributed by atoms with van der Waals surface area (Å²) in [5.41, 5.74) is 3.35. The first-order valence-corrected chi connectivity index (χ1v) is 6.38. The molecule has 1 heterocycles. The van der Waals surface area contributed by atoms with Gasteiger partial charge >= 0.3 is 0 Å². The number of nitrogens with one attached hydrogen (secondary N) is 2. The summed E-state index contributed by atoms with van der Waals surface area (Å²) in [5.74, 6) is 0.0800. The molecular formula is C13H26Cl2N4O. The molecule has 0 radical (unpaired) electrons. The molecule has 0 saturated carbocycles. The van der Waals surface area contributed by atoms with E-state index >= 15 is 0 Å². The summed E-state index contributed by atoms with van der Waals surface area (Å²) in [5, 5.41) is 10.3. The number of hydrogen-bond donors (Lipinski definition) is 2. The summed E-state index contributed by atoms with van der Waals surface area (Å²) in [4.78, 5) is 11.9. The van der Waals surface area contributed by atoms with Crippen molar-refractivity contribution in [1.82, 2.24) is 20.4 Å². The van der Waals surface area contributed by atoms with E-state index in [9.17, 15) is 4.79 Å². The summed E-state index contributed by atoms with van der Waals surface area (Å²) in [6.45, 7) is 7.46. The van der Waals surface area contributed by atoms with Gasteiger partial charge in [0.1, 0.15) is 0 Å². The number of aromatic nitrogens is 2. The molecule has 20 heavy (non-hydrogen) atoms. The summed E-state index contributed by atoms with van der Waals surface area (Å²) in [6.07, 6.45) is 0.747. The molecule has 0 saturated heterocycles. The normalized spacial score (nSPS) is 11.2. The molecule has 0 aliphatic rings. The number of halogens is 2. The molecule has 5 nitrogen and oxygen atoms in total. The van der Waals surface area contributed by atoms with E-state index < -0.39 is 0 Å². The smallest absolute Gasteiger partial charge is 0.223 e. The van der Waals surface area contributed by atoms with Crippen LogP contribution in [0, 0.1) is 19.8 Å². The first-order chi connectivity index (χ1) is 8.47. The minimum Gasteiger partial charge on any atom is -0.355 e. The maximum atomic E-state index is 11.9. The maximum Gasteiger partial charge on any atom is 0.223 e. The van der Waals surface area contributed by atoms with Gasteiger partial charge in [-0.05, 0) is 32.9 Å². The number of nitrogens with zero attached hydrogens (tertiary/aromatic N) is 2. The van der Waals surface area contributed by atoms with Crippen LogP contribution in [0.25, 0.3) is 0 Å². The molecule has 1 amide bonds. The molecule has 0 aliphatic heterocycles. The molecule has 0 bridgehead atoms. The van der Waals surface area contributed by atoms with Crippen LogP contribution in [0.3, 0.4) is 0 Å². The molecule has 1 aromatic rings. The van der Waals surface area contributed by atoms with Crippen molar-refractivity contribution in [2.24, 2.45) is 13.0 Å². The molecule has 0 aliphatic carbocycles. The fourth-order valence-electron chi connectivity index (χ4n) is 2.00. The van der Waals surface area contributed by atoms with E-state index in [2.05, 4.69) is 15.7 Å². The molecular weight excluding hydrogens is 299 g/mol. The number of likely N-dealkylation sites (N-methyl/N-ethyl adjacent to an activating group) is 1. The van der Waals surface area contributed by atoms with Crippen LogP contribution in [0.5, 0.6) is 0 Å². The third kappa shape index (κ3) is 5.69. The fourth-order valence-corrected chi connectivity index (χ4v) is 2.00. The van der Waals surface area contributed by atoms with Gasteiger partial charge in [-0.2, -0.15) is 5.10 Å². The molecule has 7 heteroatoms. The van der Waals surface area contributed by atoms with Crippen LogP contribution in [0.1, 0.15) is 23.9 Å². The highest BCUT2D eigenvalue weighted by Crippen LogP contribution is 2.16. The predicted molar refractivity (Wildman–Crippen MR) is 87.0 cm³/mol. The van der Waals surface area contributed by atoms with E-state index in [0.29, 0.717) is 6.54 Å². The highest BCUT2D eigenvalue weighted by atomic mass is 35.5. The Morgan fingerprint density at radius 2 is 1.90 bits per heavy atom. The molecule has 118 valence electrons. The van der Waals surface area contributed by atoms with Gasteiger partial charge in [-0.1, -0.05) is 6.92 Å². The minimum absolute atomic E-state index is 0. The molecule has 1 rings (SSSR count). The van der Waals surface area contributed by atoms with Crippen LogP contribution in [0.4, 0.5) is 0 Å². The predicted octanol–water partition coefficient (Wildman–Crippen LogP) is 1.39. The molecule has 0 spiro atoms. The van der Waals surface area contributed by atoms with E-state index in [0.717, 1.165) is 24.4 Å². The number of hydrogen-bond acceptors (Lipinski definition) is 3. The Morgan fingerprint density at radius 1 is 1.30 bits per heavy atom. The second kappa shape index (κ2) is 10.0. The van der Waals surface area contributed by atoms with Gasteiger partial charge in [-0.15, -0.1) is 24.8 Å². The van der Waals surface area contributed by atoms with E-state index in [4.69, 9.17) is 0 Å². The lowest BCUT2D eigenvalue weighted by atomic mass is 9.99. The van der Waals surface area contributed by atoms with Gasteiger partial charge in [0.15, 0.2) is 0 Å². The summed E-state index contributed by atoms with van der Waals surface area (Å²) in [6, 6.07) is 0. The average molecular weight is 325 g/mol. The second-order valence-corrected chi connectivity index (χ2v) is 4.77. The SMILES string of the molecule is CNCCNC(=O)C(C)Cc1c(C)nn(C)c1C.Cl.Cl. The lowest BCUT2D eigenvalue weighted by Crippen LogP contribution is -2.34. The van der Waals surface area contributed by atoms with Gasteiger partial charge in [-0.3, -0.25) is 9.48 Å². The van der Waals surface area contributed by atoms with Crippen LogP contribution in [0.2, 0.25) is 0 Å². The lowest BCUT2D eigenvalue weighted by molar-refractivity contribution is -0.124. The highest BCUT2D eigenvalue weighted by molar-refractivity contribution is 5.85. The van der Waals surface area contributed by atoms with Crippen molar-refractivity contribution in [3.63, 3.8) is 0 Å². The molecule has 0 aromatic carbocycles. The fraction of sp³-hybridized carbons (Fsp3) is 0.692. The first-order valence-electron chi connectivity index (χ1n) is 6.38. The highest BCUT2D eigenvalue weighted by Gasteiger charge is 2.17. The van der Waals surface area contributed by atoms with Gasteiger partial charge in [-0.25, -0.2) is 0 Å². The van der Waals surface area contributed by atoms with Gasteiger partial charge < -0.3 is 10.6 Å². The largest absolute Gasteiger partial charge is 0.355 e. The average Bonchev–Trinajstić information content (AvgIpc) is 2.56. The molecule has 1 aromatic heterocycles. The Hall–Kier alpha value is -0.780. The zero-order valence-electron chi connectivity index (χ0n) is 12.8. The molecule has 0 fully saturated rings. The first kappa shape index (κ1) is 21.5. The molecule has 1 atom stereocenters. The minimum atomic E-state index is -0.0246.